The van der Waals surface area contributed by atoms with Crippen molar-refractivity contribution in [3.05, 3.63) is 23.4 Å². The molecule has 0 amide bonds. The lowest BCUT2D eigenvalue weighted by Crippen LogP contribution is -1.98. The number of hydrogen-bond acceptors (Lipinski definition) is 1. The van der Waals surface area contributed by atoms with Crippen LogP contribution in [0, 0.1) is 0 Å². The monoisotopic (exact) mass is 139 g/mol. The van der Waals surface area contributed by atoms with E-state index in [9.17, 15) is 0 Å². The Bertz CT molecular complexity index is 154. The van der Waals surface area contributed by atoms with E-state index in [1.807, 2.05) is 6.92 Å². The second-order valence-electron chi connectivity index (χ2n) is 2.68. The fraction of sp³-hybridized carbons (Fsp3) is 0.556. The van der Waals surface area contributed by atoms with Crippen molar-refractivity contribution in [1.29, 1.82) is 0 Å². The van der Waals surface area contributed by atoms with E-state index in [4.69, 9.17) is 5.73 Å². The van der Waals surface area contributed by atoms with Gasteiger partial charge in [0.2, 0.25) is 0 Å². The minimum absolute atomic E-state index is 0.700. The maximum absolute atomic E-state index is 5.51. The first-order valence-electron chi connectivity index (χ1n) is 3.70. The van der Waals surface area contributed by atoms with Crippen molar-refractivity contribution in [1.82, 2.24) is 0 Å². The molecule has 0 saturated heterocycles. The van der Waals surface area contributed by atoms with Gasteiger partial charge in [-0.2, -0.15) is 0 Å². The van der Waals surface area contributed by atoms with E-state index in [1.165, 1.54) is 12.0 Å². The summed E-state index contributed by atoms with van der Waals surface area (Å²) in [4.78, 5) is 0. The van der Waals surface area contributed by atoms with Crippen molar-refractivity contribution in [2.24, 2.45) is 5.73 Å². The van der Waals surface area contributed by atoms with Gasteiger partial charge in [0, 0.05) is 5.70 Å². The normalized spacial score (nSPS) is 12.7. The highest BCUT2D eigenvalue weighted by Gasteiger charge is 1.95. The van der Waals surface area contributed by atoms with Crippen LogP contribution in [0.5, 0.6) is 0 Å². The highest BCUT2D eigenvalue weighted by Crippen LogP contribution is 2.12. The Morgan fingerprint density at radius 2 is 1.90 bits per heavy atom. The average Bonchev–Trinajstić information content (AvgIpc) is 1.87. The molecule has 0 spiro atoms. The Hall–Kier alpha value is -0.720. The second-order valence-corrected chi connectivity index (χ2v) is 2.68. The standard InChI is InChI=1S/C9H17N/c1-5-6-7(2)8(3)9(4)10/h4-6,10H2,1-3H3/b8-7-. The van der Waals surface area contributed by atoms with E-state index in [0.717, 1.165) is 12.0 Å². The van der Waals surface area contributed by atoms with Crippen molar-refractivity contribution in [3.8, 4) is 0 Å². The van der Waals surface area contributed by atoms with Gasteiger partial charge in [0.1, 0.15) is 0 Å². The Morgan fingerprint density at radius 1 is 1.40 bits per heavy atom. The van der Waals surface area contributed by atoms with Gasteiger partial charge >= 0.3 is 0 Å². The maximum atomic E-state index is 5.51. The summed E-state index contributed by atoms with van der Waals surface area (Å²) >= 11 is 0. The van der Waals surface area contributed by atoms with Crippen molar-refractivity contribution < 1.29 is 0 Å². The lowest BCUT2D eigenvalue weighted by atomic mass is 10.1. The maximum Gasteiger partial charge on any atom is 0.0270 e. The largest absolute Gasteiger partial charge is 0.399 e. The Morgan fingerprint density at radius 3 is 2.20 bits per heavy atom. The van der Waals surface area contributed by atoms with Gasteiger partial charge in [0.25, 0.3) is 0 Å². The van der Waals surface area contributed by atoms with Gasteiger partial charge in [-0.1, -0.05) is 25.5 Å². The number of rotatable bonds is 3. The summed E-state index contributed by atoms with van der Waals surface area (Å²) in [6.45, 7) is 9.97. The molecule has 58 valence electrons. The second kappa shape index (κ2) is 4.15. The molecule has 0 aliphatic heterocycles. The van der Waals surface area contributed by atoms with Crippen LogP contribution in [0.1, 0.15) is 33.6 Å². The summed E-state index contributed by atoms with van der Waals surface area (Å²) in [5.74, 6) is 0. The molecule has 0 aromatic rings. The Balaban J connectivity index is 4.19. The lowest BCUT2D eigenvalue weighted by molar-refractivity contribution is 0.891. The zero-order valence-electron chi connectivity index (χ0n) is 7.20. The van der Waals surface area contributed by atoms with Crippen LogP contribution in [-0.2, 0) is 0 Å². The molecular weight excluding hydrogens is 122 g/mol. The molecule has 0 aliphatic rings. The quantitative estimate of drug-likeness (QED) is 0.597. The fourth-order valence-electron chi connectivity index (χ4n) is 0.837. The van der Waals surface area contributed by atoms with Crippen LogP contribution in [0.25, 0.3) is 0 Å². The molecule has 0 aromatic carbocycles. The molecule has 0 heterocycles. The van der Waals surface area contributed by atoms with Gasteiger partial charge < -0.3 is 5.73 Å². The topological polar surface area (TPSA) is 26.0 Å². The summed E-state index contributed by atoms with van der Waals surface area (Å²) in [5, 5.41) is 0. The van der Waals surface area contributed by atoms with Crippen LogP contribution in [0.2, 0.25) is 0 Å². The minimum atomic E-state index is 0.700. The molecule has 1 nitrogen and oxygen atoms in total. The molecule has 0 atom stereocenters. The van der Waals surface area contributed by atoms with E-state index in [2.05, 4.69) is 20.4 Å². The molecule has 0 bridgehead atoms. The Kier molecular flexibility index (Phi) is 3.85. The van der Waals surface area contributed by atoms with Crippen LogP contribution in [0.4, 0.5) is 0 Å². The molecule has 2 N–H and O–H groups in total. The molecule has 0 unspecified atom stereocenters. The van der Waals surface area contributed by atoms with Gasteiger partial charge in [-0.3, -0.25) is 0 Å². The van der Waals surface area contributed by atoms with Gasteiger partial charge in [0.15, 0.2) is 0 Å². The molecule has 0 radical (unpaired) electrons. The third-order valence-electron chi connectivity index (χ3n) is 1.75. The first kappa shape index (κ1) is 9.28. The van der Waals surface area contributed by atoms with Crippen LogP contribution >= 0.6 is 0 Å². The third kappa shape index (κ3) is 2.72. The van der Waals surface area contributed by atoms with Gasteiger partial charge in [-0.15, -0.1) is 0 Å². The van der Waals surface area contributed by atoms with Crippen LogP contribution in [0.3, 0.4) is 0 Å². The van der Waals surface area contributed by atoms with Gasteiger partial charge in [-0.05, 0) is 25.8 Å². The fourth-order valence-corrected chi connectivity index (χ4v) is 0.837. The number of allylic oxidation sites excluding steroid dienone is 2. The average molecular weight is 139 g/mol. The highest BCUT2D eigenvalue weighted by atomic mass is 14.6. The predicted molar refractivity (Wildman–Crippen MR) is 46.6 cm³/mol. The highest BCUT2D eigenvalue weighted by molar-refractivity contribution is 5.27. The van der Waals surface area contributed by atoms with Gasteiger partial charge in [-0.25, -0.2) is 0 Å². The summed E-state index contributed by atoms with van der Waals surface area (Å²) in [6.07, 6.45) is 2.30. The zero-order valence-corrected chi connectivity index (χ0v) is 7.20. The first-order valence-corrected chi connectivity index (χ1v) is 3.70. The van der Waals surface area contributed by atoms with Crippen molar-refractivity contribution >= 4 is 0 Å². The predicted octanol–water partition coefficient (Wildman–Crippen LogP) is 2.60. The van der Waals surface area contributed by atoms with E-state index in [1.54, 1.807) is 0 Å². The summed E-state index contributed by atoms with van der Waals surface area (Å²) < 4.78 is 0. The third-order valence-corrected chi connectivity index (χ3v) is 1.75. The van der Waals surface area contributed by atoms with Crippen molar-refractivity contribution in [2.75, 3.05) is 0 Å². The molecule has 10 heavy (non-hydrogen) atoms. The van der Waals surface area contributed by atoms with E-state index in [-0.39, 0.29) is 0 Å². The smallest absolute Gasteiger partial charge is 0.0270 e. The molecule has 1 heteroatoms. The number of hydrogen-bond donors (Lipinski definition) is 1. The minimum Gasteiger partial charge on any atom is -0.399 e. The van der Waals surface area contributed by atoms with E-state index in [0.29, 0.717) is 5.70 Å². The molecule has 0 aromatic heterocycles. The lowest BCUT2D eigenvalue weighted by Gasteiger charge is -2.04. The SMILES string of the molecule is C=C(N)/C(C)=C(/C)CCC. The van der Waals surface area contributed by atoms with Crippen molar-refractivity contribution in [2.45, 2.75) is 33.6 Å². The summed E-state index contributed by atoms with van der Waals surface area (Å²) in [6, 6.07) is 0. The molecular formula is C9H17N. The first-order chi connectivity index (χ1) is 4.59. The van der Waals surface area contributed by atoms with Crippen LogP contribution < -0.4 is 5.73 Å². The van der Waals surface area contributed by atoms with Crippen LogP contribution in [-0.4, -0.2) is 0 Å². The van der Waals surface area contributed by atoms with E-state index < -0.39 is 0 Å². The molecule has 0 saturated carbocycles. The number of nitrogens with two attached hydrogens (primary N) is 1. The van der Waals surface area contributed by atoms with Crippen LogP contribution in [0.15, 0.2) is 23.4 Å². The molecule has 0 aliphatic carbocycles. The zero-order chi connectivity index (χ0) is 8.15. The summed E-state index contributed by atoms with van der Waals surface area (Å²) in [7, 11) is 0. The van der Waals surface area contributed by atoms with Crippen molar-refractivity contribution in [3.63, 3.8) is 0 Å². The molecule has 0 rings (SSSR count). The summed E-state index contributed by atoms with van der Waals surface area (Å²) in [5.41, 5.74) is 8.73. The van der Waals surface area contributed by atoms with E-state index >= 15 is 0 Å². The Labute approximate surface area is 63.6 Å². The van der Waals surface area contributed by atoms with Gasteiger partial charge in [0.05, 0.1) is 0 Å². The molecule has 0 fully saturated rings.